The molecule has 0 saturated carbocycles. The molecular weight excluding hydrogens is 240 g/mol. The second-order valence-electron chi connectivity index (χ2n) is 4.58. The zero-order chi connectivity index (χ0) is 13.8. The van der Waals surface area contributed by atoms with E-state index in [1.165, 1.54) is 16.6 Å². The molecule has 4 heteroatoms. The predicted octanol–water partition coefficient (Wildman–Crippen LogP) is 2.65. The molecule has 0 radical (unpaired) electrons. The maximum absolute atomic E-state index is 5.38. The van der Waals surface area contributed by atoms with Crippen molar-refractivity contribution in [2.45, 2.75) is 20.3 Å². The number of ether oxygens (including phenoxy) is 2. The van der Waals surface area contributed by atoms with E-state index in [2.05, 4.69) is 30.2 Å². The molecule has 0 atom stereocenters. The molecule has 0 unspecified atom stereocenters. The highest BCUT2D eigenvalue weighted by Crippen LogP contribution is 2.34. The molecule has 2 N–H and O–H groups in total. The summed E-state index contributed by atoms with van der Waals surface area (Å²) in [6.45, 7) is 6.22. The van der Waals surface area contributed by atoms with Gasteiger partial charge < -0.3 is 19.8 Å². The molecule has 2 rings (SSSR count). The Morgan fingerprint density at radius 2 is 1.84 bits per heavy atom. The van der Waals surface area contributed by atoms with Crippen molar-refractivity contribution < 1.29 is 9.47 Å². The number of fused-ring (bicyclic) bond motifs is 1. The van der Waals surface area contributed by atoms with Gasteiger partial charge in [0.25, 0.3) is 0 Å². The molecule has 1 aromatic carbocycles. The molecule has 0 aliphatic carbocycles. The lowest BCUT2D eigenvalue weighted by Gasteiger charge is -2.08. The van der Waals surface area contributed by atoms with Crippen molar-refractivity contribution in [2.75, 3.05) is 27.3 Å². The van der Waals surface area contributed by atoms with Gasteiger partial charge in [0, 0.05) is 22.7 Å². The Morgan fingerprint density at radius 1 is 1.16 bits per heavy atom. The lowest BCUT2D eigenvalue weighted by Crippen LogP contribution is -2.16. The summed E-state index contributed by atoms with van der Waals surface area (Å²) in [5, 5.41) is 4.58. The van der Waals surface area contributed by atoms with Crippen LogP contribution in [0.5, 0.6) is 11.5 Å². The van der Waals surface area contributed by atoms with Crippen LogP contribution in [0.4, 0.5) is 0 Å². The van der Waals surface area contributed by atoms with E-state index in [0.29, 0.717) is 0 Å². The van der Waals surface area contributed by atoms with Gasteiger partial charge in [-0.15, -0.1) is 0 Å². The molecule has 0 spiro atoms. The number of hydrogen-bond donors (Lipinski definition) is 2. The summed E-state index contributed by atoms with van der Waals surface area (Å²) in [6.07, 6.45) is 1.01. The highest BCUT2D eigenvalue weighted by Gasteiger charge is 2.12. The lowest BCUT2D eigenvalue weighted by atomic mass is 10.1. The number of aromatic nitrogens is 1. The molecule has 1 aromatic heterocycles. The minimum Gasteiger partial charge on any atom is -0.493 e. The number of rotatable bonds is 6. The van der Waals surface area contributed by atoms with Gasteiger partial charge >= 0.3 is 0 Å². The van der Waals surface area contributed by atoms with E-state index in [1.54, 1.807) is 14.2 Å². The van der Waals surface area contributed by atoms with Crippen LogP contribution in [0.2, 0.25) is 0 Å². The first-order valence-electron chi connectivity index (χ1n) is 6.65. The third-order valence-corrected chi connectivity index (χ3v) is 3.43. The van der Waals surface area contributed by atoms with E-state index >= 15 is 0 Å². The molecular formula is C15H22N2O2. The summed E-state index contributed by atoms with van der Waals surface area (Å²) in [6, 6.07) is 4.05. The fourth-order valence-corrected chi connectivity index (χ4v) is 2.42. The van der Waals surface area contributed by atoms with Crippen molar-refractivity contribution in [2.24, 2.45) is 0 Å². The summed E-state index contributed by atoms with van der Waals surface area (Å²) in [5.41, 5.74) is 3.65. The molecule has 4 nitrogen and oxygen atoms in total. The second-order valence-corrected chi connectivity index (χ2v) is 4.58. The zero-order valence-electron chi connectivity index (χ0n) is 12.1. The first kappa shape index (κ1) is 13.7. The van der Waals surface area contributed by atoms with Crippen LogP contribution in [0.25, 0.3) is 10.9 Å². The summed E-state index contributed by atoms with van der Waals surface area (Å²) < 4.78 is 10.7. The van der Waals surface area contributed by atoms with Gasteiger partial charge in [-0.05, 0) is 38.1 Å². The third kappa shape index (κ3) is 2.68. The Labute approximate surface area is 114 Å². The van der Waals surface area contributed by atoms with Crippen molar-refractivity contribution in [1.82, 2.24) is 10.3 Å². The summed E-state index contributed by atoms with van der Waals surface area (Å²) in [7, 11) is 3.33. The largest absolute Gasteiger partial charge is 0.493 e. The number of likely N-dealkylation sites (N-methyl/N-ethyl adjacent to an activating group) is 1. The number of aryl methyl sites for hydroxylation is 1. The van der Waals surface area contributed by atoms with Gasteiger partial charge in [0.05, 0.1) is 14.2 Å². The number of hydrogen-bond acceptors (Lipinski definition) is 3. The summed E-state index contributed by atoms with van der Waals surface area (Å²) in [4.78, 5) is 3.42. The van der Waals surface area contributed by atoms with Gasteiger partial charge in [0.2, 0.25) is 0 Å². The predicted molar refractivity (Wildman–Crippen MR) is 78.4 cm³/mol. The van der Waals surface area contributed by atoms with Crippen molar-refractivity contribution in [3.63, 3.8) is 0 Å². The molecule has 0 aliphatic rings. The highest BCUT2D eigenvalue weighted by molar-refractivity contribution is 5.88. The quantitative estimate of drug-likeness (QED) is 0.787. The monoisotopic (exact) mass is 262 g/mol. The Kier molecular flexibility index (Phi) is 4.32. The van der Waals surface area contributed by atoms with Crippen LogP contribution in [-0.2, 0) is 6.42 Å². The smallest absolute Gasteiger partial charge is 0.162 e. The molecule has 19 heavy (non-hydrogen) atoms. The minimum absolute atomic E-state index is 0.759. The van der Waals surface area contributed by atoms with Crippen LogP contribution in [0.15, 0.2) is 12.1 Å². The molecule has 0 amide bonds. The molecule has 0 aliphatic heterocycles. The SMILES string of the molecule is CCNCCc1c(C)[nH]c2cc(OC)c(OC)cc12. The molecule has 104 valence electrons. The fraction of sp³-hybridized carbons (Fsp3) is 0.467. The molecule has 2 aromatic rings. The van der Waals surface area contributed by atoms with Crippen LogP contribution in [-0.4, -0.2) is 32.3 Å². The van der Waals surface area contributed by atoms with Crippen LogP contribution < -0.4 is 14.8 Å². The van der Waals surface area contributed by atoms with E-state index in [4.69, 9.17) is 9.47 Å². The Hall–Kier alpha value is -1.68. The van der Waals surface area contributed by atoms with Gasteiger partial charge in [-0.25, -0.2) is 0 Å². The molecule has 0 saturated heterocycles. The lowest BCUT2D eigenvalue weighted by molar-refractivity contribution is 0.356. The molecule has 0 fully saturated rings. The van der Waals surface area contributed by atoms with Gasteiger partial charge in [-0.1, -0.05) is 6.92 Å². The van der Waals surface area contributed by atoms with Crippen molar-refractivity contribution in [1.29, 1.82) is 0 Å². The van der Waals surface area contributed by atoms with E-state index in [0.717, 1.165) is 36.5 Å². The first-order chi connectivity index (χ1) is 9.21. The summed E-state index contributed by atoms with van der Waals surface area (Å²) >= 11 is 0. The Balaban J connectivity index is 2.43. The molecule has 1 heterocycles. The number of benzene rings is 1. The topological polar surface area (TPSA) is 46.3 Å². The Morgan fingerprint density at radius 3 is 2.47 bits per heavy atom. The maximum Gasteiger partial charge on any atom is 0.162 e. The standard InChI is InChI=1S/C15H22N2O2/c1-5-16-7-6-11-10(2)17-13-9-15(19-4)14(18-3)8-12(11)13/h8-9,16-17H,5-7H2,1-4H3. The summed E-state index contributed by atoms with van der Waals surface area (Å²) in [5.74, 6) is 1.54. The van der Waals surface area contributed by atoms with Crippen molar-refractivity contribution >= 4 is 10.9 Å². The van der Waals surface area contributed by atoms with Gasteiger partial charge in [0.1, 0.15) is 0 Å². The highest BCUT2D eigenvalue weighted by atomic mass is 16.5. The van der Waals surface area contributed by atoms with Crippen molar-refractivity contribution in [3.8, 4) is 11.5 Å². The number of methoxy groups -OCH3 is 2. The second kappa shape index (κ2) is 5.97. The van der Waals surface area contributed by atoms with E-state index < -0.39 is 0 Å². The zero-order valence-corrected chi connectivity index (χ0v) is 12.1. The number of nitrogens with one attached hydrogen (secondary N) is 2. The van der Waals surface area contributed by atoms with E-state index in [-0.39, 0.29) is 0 Å². The average molecular weight is 262 g/mol. The average Bonchev–Trinajstić information content (AvgIpc) is 2.73. The Bertz CT molecular complexity index is 561. The number of H-pyrrole nitrogens is 1. The normalized spacial score (nSPS) is 10.9. The van der Waals surface area contributed by atoms with E-state index in [1.807, 2.05) is 6.07 Å². The van der Waals surface area contributed by atoms with Gasteiger partial charge in [-0.3, -0.25) is 0 Å². The van der Waals surface area contributed by atoms with Crippen LogP contribution >= 0.6 is 0 Å². The van der Waals surface area contributed by atoms with Crippen LogP contribution in [0.1, 0.15) is 18.2 Å². The van der Waals surface area contributed by atoms with Crippen LogP contribution in [0, 0.1) is 6.92 Å². The van der Waals surface area contributed by atoms with Gasteiger partial charge in [-0.2, -0.15) is 0 Å². The van der Waals surface area contributed by atoms with E-state index in [9.17, 15) is 0 Å². The minimum atomic E-state index is 0.759. The molecule has 0 bridgehead atoms. The van der Waals surface area contributed by atoms with Crippen LogP contribution in [0.3, 0.4) is 0 Å². The number of aromatic amines is 1. The first-order valence-corrected chi connectivity index (χ1v) is 6.65. The third-order valence-electron chi connectivity index (χ3n) is 3.43. The van der Waals surface area contributed by atoms with Crippen molar-refractivity contribution in [3.05, 3.63) is 23.4 Å². The fourth-order valence-electron chi connectivity index (χ4n) is 2.42. The van der Waals surface area contributed by atoms with Gasteiger partial charge in [0.15, 0.2) is 11.5 Å². The maximum atomic E-state index is 5.38.